The van der Waals surface area contributed by atoms with Gasteiger partial charge in [0.05, 0.1) is 13.7 Å². The van der Waals surface area contributed by atoms with Gasteiger partial charge in [-0.3, -0.25) is 4.79 Å². The molecular weight excluding hydrogens is 314 g/mol. The summed E-state index contributed by atoms with van der Waals surface area (Å²) in [7, 11) is 1.44. The number of aliphatic hydroxyl groups is 1. The molecule has 2 aromatic carbocycles. The van der Waals surface area contributed by atoms with Gasteiger partial charge < -0.3 is 19.8 Å². The first-order valence-corrected chi connectivity index (χ1v) is 7.41. The molecule has 0 aliphatic rings. The monoisotopic (exact) mass is 333 g/mol. The SMILES string of the molecule is CCN(OC(=O)c1c(OC)ccc2ccccc12)[C@@H](CO)C(=O)O. The average Bonchev–Trinajstić information content (AvgIpc) is 2.59. The number of hydrogen-bond acceptors (Lipinski definition) is 6. The minimum absolute atomic E-state index is 0.107. The number of hydrogen-bond donors (Lipinski definition) is 2. The summed E-state index contributed by atoms with van der Waals surface area (Å²) in [6, 6.07) is 9.35. The molecule has 0 saturated carbocycles. The minimum Gasteiger partial charge on any atom is -0.496 e. The summed E-state index contributed by atoms with van der Waals surface area (Å²) in [6.07, 6.45) is 0. The van der Waals surface area contributed by atoms with E-state index in [9.17, 15) is 14.7 Å². The van der Waals surface area contributed by atoms with E-state index in [4.69, 9.17) is 14.7 Å². The van der Waals surface area contributed by atoms with Crippen LogP contribution in [-0.2, 0) is 9.63 Å². The normalized spacial score (nSPS) is 12.2. The predicted molar refractivity (Wildman–Crippen MR) is 86.8 cm³/mol. The molecule has 0 amide bonds. The van der Waals surface area contributed by atoms with E-state index in [2.05, 4.69) is 0 Å². The number of carbonyl (C=O) groups is 2. The average molecular weight is 333 g/mol. The smallest absolute Gasteiger partial charge is 0.361 e. The maximum Gasteiger partial charge on any atom is 0.361 e. The van der Waals surface area contributed by atoms with Crippen molar-refractivity contribution in [3.63, 3.8) is 0 Å². The van der Waals surface area contributed by atoms with Crippen molar-refractivity contribution >= 4 is 22.7 Å². The summed E-state index contributed by atoms with van der Waals surface area (Å²) in [5.74, 6) is -1.70. The van der Waals surface area contributed by atoms with E-state index in [1.165, 1.54) is 7.11 Å². The van der Waals surface area contributed by atoms with E-state index < -0.39 is 24.6 Å². The second-order valence-electron chi connectivity index (χ2n) is 5.01. The van der Waals surface area contributed by atoms with Gasteiger partial charge in [-0.05, 0) is 18.4 Å². The van der Waals surface area contributed by atoms with Crippen LogP contribution in [0.25, 0.3) is 10.8 Å². The minimum atomic E-state index is -1.33. The molecule has 128 valence electrons. The molecule has 0 saturated heterocycles. The lowest BCUT2D eigenvalue weighted by molar-refractivity contribution is -0.175. The molecule has 1 atom stereocenters. The first-order valence-electron chi connectivity index (χ1n) is 7.41. The lowest BCUT2D eigenvalue weighted by Crippen LogP contribution is -2.44. The summed E-state index contributed by atoms with van der Waals surface area (Å²) in [6.45, 7) is 1.05. The van der Waals surface area contributed by atoms with E-state index in [0.29, 0.717) is 11.1 Å². The van der Waals surface area contributed by atoms with E-state index >= 15 is 0 Å². The number of carboxylic acids is 1. The van der Waals surface area contributed by atoms with Crippen molar-refractivity contribution in [2.45, 2.75) is 13.0 Å². The Bertz CT molecular complexity index is 745. The summed E-state index contributed by atoms with van der Waals surface area (Å²) in [5.41, 5.74) is 0.205. The van der Waals surface area contributed by atoms with Crippen molar-refractivity contribution in [2.24, 2.45) is 0 Å². The van der Waals surface area contributed by atoms with Crippen molar-refractivity contribution < 1.29 is 29.4 Å². The van der Waals surface area contributed by atoms with Gasteiger partial charge in [-0.25, -0.2) is 4.79 Å². The summed E-state index contributed by atoms with van der Waals surface area (Å²) in [4.78, 5) is 29.0. The Kier molecular flexibility index (Phi) is 5.73. The van der Waals surface area contributed by atoms with E-state index in [-0.39, 0.29) is 12.1 Å². The molecule has 7 nitrogen and oxygen atoms in total. The van der Waals surface area contributed by atoms with Crippen molar-refractivity contribution in [2.75, 3.05) is 20.3 Å². The van der Waals surface area contributed by atoms with Gasteiger partial charge in [0.2, 0.25) is 0 Å². The Morgan fingerprint density at radius 3 is 2.50 bits per heavy atom. The molecule has 24 heavy (non-hydrogen) atoms. The number of rotatable bonds is 7. The molecule has 2 rings (SSSR count). The van der Waals surface area contributed by atoms with Crippen LogP contribution in [0.2, 0.25) is 0 Å². The number of likely N-dealkylation sites (N-methyl/N-ethyl adjacent to an activating group) is 1. The van der Waals surface area contributed by atoms with Crippen molar-refractivity contribution in [1.29, 1.82) is 0 Å². The number of carbonyl (C=O) groups excluding carboxylic acids is 1. The molecule has 0 aliphatic carbocycles. The molecule has 0 fully saturated rings. The number of carboxylic acid groups (broad SMARTS) is 1. The third-order valence-corrected chi connectivity index (χ3v) is 3.63. The van der Waals surface area contributed by atoms with E-state index in [1.807, 2.05) is 18.2 Å². The molecule has 0 aromatic heterocycles. The highest BCUT2D eigenvalue weighted by Crippen LogP contribution is 2.29. The number of benzene rings is 2. The number of hydroxylamine groups is 2. The first kappa shape index (κ1) is 17.7. The van der Waals surface area contributed by atoms with Crippen molar-refractivity contribution in [3.05, 3.63) is 42.0 Å². The van der Waals surface area contributed by atoms with Crippen LogP contribution < -0.4 is 4.74 Å². The van der Waals surface area contributed by atoms with E-state index in [1.54, 1.807) is 25.1 Å². The molecule has 2 aromatic rings. The Hall–Kier alpha value is -2.64. The molecule has 0 heterocycles. The predicted octanol–water partition coefficient (Wildman–Crippen LogP) is 1.69. The molecule has 7 heteroatoms. The molecule has 0 unspecified atom stereocenters. The zero-order valence-corrected chi connectivity index (χ0v) is 13.4. The Morgan fingerprint density at radius 2 is 1.92 bits per heavy atom. The Balaban J connectivity index is 2.41. The van der Waals surface area contributed by atoms with Gasteiger partial charge in [-0.1, -0.05) is 30.3 Å². The third-order valence-electron chi connectivity index (χ3n) is 3.63. The standard InChI is InChI=1S/C17H19NO6/c1-3-18(13(10-19)16(20)21)24-17(22)15-12-7-5-4-6-11(12)8-9-14(15)23-2/h4-9,13,19H,3,10H2,1-2H3,(H,20,21)/t13-/m0/s1. The highest BCUT2D eigenvalue weighted by Gasteiger charge is 2.29. The van der Waals surface area contributed by atoms with Crippen LogP contribution in [0.5, 0.6) is 5.75 Å². The number of methoxy groups -OCH3 is 1. The number of fused-ring (bicyclic) bond motifs is 1. The van der Waals surface area contributed by atoms with Gasteiger partial charge in [0, 0.05) is 11.9 Å². The van der Waals surface area contributed by atoms with Crippen LogP contribution in [0.3, 0.4) is 0 Å². The summed E-state index contributed by atoms with van der Waals surface area (Å²) in [5, 5.41) is 20.7. The maximum atomic E-state index is 12.6. The fraction of sp³-hybridized carbons (Fsp3) is 0.294. The number of aliphatic carboxylic acids is 1. The Morgan fingerprint density at radius 1 is 1.21 bits per heavy atom. The highest BCUT2D eigenvalue weighted by atomic mass is 16.7. The van der Waals surface area contributed by atoms with Gasteiger partial charge in [-0.15, -0.1) is 5.06 Å². The number of aliphatic hydroxyl groups excluding tert-OH is 1. The van der Waals surface area contributed by atoms with Crippen LogP contribution in [-0.4, -0.2) is 53.5 Å². The second-order valence-corrected chi connectivity index (χ2v) is 5.01. The van der Waals surface area contributed by atoms with Crippen molar-refractivity contribution in [3.8, 4) is 5.75 Å². The van der Waals surface area contributed by atoms with Gasteiger partial charge in [0.15, 0.2) is 6.04 Å². The van der Waals surface area contributed by atoms with Gasteiger partial charge in [0.1, 0.15) is 11.3 Å². The Labute approximate surface area is 139 Å². The molecular formula is C17H19NO6. The van der Waals surface area contributed by atoms with Crippen LogP contribution in [0.4, 0.5) is 0 Å². The van der Waals surface area contributed by atoms with Crippen LogP contribution in [0.15, 0.2) is 36.4 Å². The summed E-state index contributed by atoms with van der Waals surface area (Å²) >= 11 is 0. The number of ether oxygens (including phenoxy) is 1. The summed E-state index contributed by atoms with van der Waals surface area (Å²) < 4.78 is 5.24. The number of nitrogens with zero attached hydrogens (tertiary/aromatic N) is 1. The molecule has 0 bridgehead atoms. The van der Waals surface area contributed by atoms with Gasteiger partial charge in [-0.2, -0.15) is 0 Å². The zero-order valence-electron chi connectivity index (χ0n) is 13.4. The second kappa shape index (κ2) is 7.76. The quantitative estimate of drug-likeness (QED) is 0.744. The van der Waals surface area contributed by atoms with Crippen LogP contribution in [0.1, 0.15) is 17.3 Å². The lowest BCUT2D eigenvalue weighted by Gasteiger charge is -2.25. The third kappa shape index (κ3) is 3.47. The largest absolute Gasteiger partial charge is 0.496 e. The van der Waals surface area contributed by atoms with Crippen molar-refractivity contribution in [1.82, 2.24) is 5.06 Å². The topological polar surface area (TPSA) is 96.3 Å². The molecule has 0 radical (unpaired) electrons. The van der Waals surface area contributed by atoms with Crippen LogP contribution in [0, 0.1) is 0 Å². The lowest BCUT2D eigenvalue weighted by atomic mass is 10.0. The maximum absolute atomic E-state index is 12.6. The first-order chi connectivity index (χ1) is 11.5. The molecule has 2 N–H and O–H groups in total. The van der Waals surface area contributed by atoms with Gasteiger partial charge >= 0.3 is 11.9 Å². The van der Waals surface area contributed by atoms with Gasteiger partial charge in [0.25, 0.3) is 0 Å². The highest BCUT2D eigenvalue weighted by molar-refractivity contribution is 6.07. The van der Waals surface area contributed by atoms with E-state index in [0.717, 1.165) is 10.4 Å². The van der Waals surface area contributed by atoms with Crippen LogP contribution >= 0.6 is 0 Å². The fourth-order valence-electron chi connectivity index (χ4n) is 2.43. The zero-order chi connectivity index (χ0) is 17.7. The molecule has 0 spiro atoms. The molecule has 0 aliphatic heterocycles. The fourth-order valence-corrected chi connectivity index (χ4v) is 2.43.